The number of aryl methyl sites for hydroxylation is 2. The standard InChI is InChI=1S/C15H14N4O/c16-13-9-19-7-6-17-14(19)15(18-13)20-12-5-4-10-2-1-3-11(10)8-12/h4-9H,1-3,16H2. The van der Waals surface area contributed by atoms with Crippen LogP contribution < -0.4 is 10.5 Å². The van der Waals surface area contributed by atoms with E-state index in [1.165, 1.54) is 17.5 Å². The largest absolute Gasteiger partial charge is 0.436 e. The fourth-order valence-corrected chi connectivity index (χ4v) is 2.71. The SMILES string of the molecule is Nc1cn2ccnc2c(Oc2ccc3c(c2)CCC3)n1. The van der Waals surface area contributed by atoms with E-state index in [4.69, 9.17) is 10.5 Å². The molecule has 5 nitrogen and oxygen atoms in total. The summed E-state index contributed by atoms with van der Waals surface area (Å²) < 4.78 is 7.69. The Morgan fingerprint density at radius 2 is 2.10 bits per heavy atom. The van der Waals surface area contributed by atoms with Gasteiger partial charge in [0.25, 0.3) is 5.88 Å². The van der Waals surface area contributed by atoms with Gasteiger partial charge in [-0.1, -0.05) is 6.07 Å². The Bertz CT molecular complexity index is 794. The fourth-order valence-electron chi connectivity index (χ4n) is 2.71. The lowest BCUT2D eigenvalue weighted by atomic mass is 10.1. The lowest BCUT2D eigenvalue weighted by Crippen LogP contribution is -1.99. The Labute approximate surface area is 116 Å². The molecule has 100 valence electrons. The normalized spacial score (nSPS) is 13.6. The van der Waals surface area contributed by atoms with E-state index in [-0.39, 0.29) is 0 Å². The molecular formula is C15H14N4O. The second-order valence-corrected chi connectivity index (χ2v) is 5.02. The smallest absolute Gasteiger partial charge is 0.265 e. The first-order chi connectivity index (χ1) is 9.79. The molecule has 0 unspecified atom stereocenters. The topological polar surface area (TPSA) is 65.4 Å². The van der Waals surface area contributed by atoms with Crippen LogP contribution in [0.2, 0.25) is 0 Å². The van der Waals surface area contributed by atoms with Crippen molar-refractivity contribution < 1.29 is 4.74 Å². The third-order valence-corrected chi connectivity index (χ3v) is 3.65. The molecule has 0 saturated carbocycles. The summed E-state index contributed by atoms with van der Waals surface area (Å²) in [5.41, 5.74) is 9.24. The van der Waals surface area contributed by atoms with Gasteiger partial charge in [0.05, 0.1) is 6.20 Å². The molecule has 1 aliphatic rings. The van der Waals surface area contributed by atoms with E-state index < -0.39 is 0 Å². The van der Waals surface area contributed by atoms with E-state index in [0.717, 1.165) is 18.6 Å². The number of nitrogens with zero attached hydrogens (tertiary/aromatic N) is 3. The van der Waals surface area contributed by atoms with Crippen LogP contribution in [0.25, 0.3) is 5.65 Å². The molecule has 5 heteroatoms. The molecule has 0 saturated heterocycles. The van der Waals surface area contributed by atoms with Crippen molar-refractivity contribution in [3.05, 3.63) is 47.9 Å². The zero-order chi connectivity index (χ0) is 13.5. The molecule has 3 aromatic rings. The number of hydrogen-bond donors (Lipinski definition) is 1. The van der Waals surface area contributed by atoms with Crippen molar-refractivity contribution in [2.24, 2.45) is 0 Å². The van der Waals surface area contributed by atoms with Gasteiger partial charge in [-0.05, 0) is 42.5 Å². The van der Waals surface area contributed by atoms with Crippen molar-refractivity contribution in [1.29, 1.82) is 0 Å². The average Bonchev–Trinajstić information content (AvgIpc) is 3.05. The number of benzene rings is 1. The number of anilines is 1. The zero-order valence-electron chi connectivity index (χ0n) is 10.9. The van der Waals surface area contributed by atoms with Crippen LogP contribution in [0.1, 0.15) is 17.5 Å². The Morgan fingerprint density at radius 3 is 3.05 bits per heavy atom. The number of aromatic nitrogens is 3. The number of nitrogens with two attached hydrogens (primary N) is 1. The molecule has 0 radical (unpaired) electrons. The van der Waals surface area contributed by atoms with Gasteiger partial charge in [-0.3, -0.25) is 4.40 Å². The maximum Gasteiger partial charge on any atom is 0.265 e. The Balaban J connectivity index is 1.75. The van der Waals surface area contributed by atoms with Crippen LogP contribution in [0.3, 0.4) is 0 Å². The number of nitrogen functional groups attached to an aromatic ring is 1. The Kier molecular flexibility index (Phi) is 2.39. The second kappa shape index (κ2) is 4.23. The highest BCUT2D eigenvalue weighted by Gasteiger charge is 2.13. The summed E-state index contributed by atoms with van der Waals surface area (Å²) >= 11 is 0. The van der Waals surface area contributed by atoms with E-state index in [1.54, 1.807) is 12.4 Å². The molecule has 1 aliphatic carbocycles. The van der Waals surface area contributed by atoms with Crippen LogP contribution in [0.5, 0.6) is 11.6 Å². The minimum Gasteiger partial charge on any atom is -0.436 e. The van der Waals surface area contributed by atoms with E-state index in [0.29, 0.717) is 17.3 Å². The van der Waals surface area contributed by atoms with Gasteiger partial charge in [0, 0.05) is 12.4 Å². The van der Waals surface area contributed by atoms with Crippen molar-refractivity contribution >= 4 is 11.5 Å². The lowest BCUT2D eigenvalue weighted by molar-refractivity contribution is 0.465. The zero-order valence-corrected chi connectivity index (χ0v) is 10.9. The van der Waals surface area contributed by atoms with Crippen molar-refractivity contribution in [3.63, 3.8) is 0 Å². The highest BCUT2D eigenvalue weighted by molar-refractivity contribution is 5.54. The highest BCUT2D eigenvalue weighted by Crippen LogP contribution is 2.29. The molecule has 0 aliphatic heterocycles. The second-order valence-electron chi connectivity index (χ2n) is 5.02. The van der Waals surface area contributed by atoms with E-state index in [1.807, 2.05) is 16.7 Å². The first-order valence-electron chi connectivity index (χ1n) is 6.68. The maximum atomic E-state index is 5.88. The van der Waals surface area contributed by atoms with Crippen LogP contribution in [0, 0.1) is 0 Å². The molecule has 2 heterocycles. The minimum atomic E-state index is 0.409. The number of hydrogen-bond acceptors (Lipinski definition) is 4. The summed E-state index contributed by atoms with van der Waals surface area (Å²) in [6.45, 7) is 0. The van der Waals surface area contributed by atoms with Crippen LogP contribution >= 0.6 is 0 Å². The minimum absolute atomic E-state index is 0.409. The molecule has 0 atom stereocenters. The number of ether oxygens (including phenoxy) is 1. The lowest BCUT2D eigenvalue weighted by Gasteiger charge is -2.08. The van der Waals surface area contributed by atoms with Gasteiger partial charge in [-0.25, -0.2) is 4.98 Å². The molecule has 0 fully saturated rings. The molecule has 4 rings (SSSR count). The van der Waals surface area contributed by atoms with Gasteiger partial charge >= 0.3 is 0 Å². The van der Waals surface area contributed by atoms with Crippen molar-refractivity contribution in [1.82, 2.24) is 14.4 Å². The summed E-state index contributed by atoms with van der Waals surface area (Å²) in [6, 6.07) is 6.20. The Hall–Kier alpha value is -2.56. The monoisotopic (exact) mass is 266 g/mol. The quantitative estimate of drug-likeness (QED) is 0.774. The summed E-state index contributed by atoms with van der Waals surface area (Å²) in [5.74, 6) is 1.63. The van der Waals surface area contributed by atoms with Gasteiger partial charge < -0.3 is 10.5 Å². The van der Waals surface area contributed by atoms with E-state index in [9.17, 15) is 0 Å². The molecule has 2 aromatic heterocycles. The van der Waals surface area contributed by atoms with Crippen molar-refractivity contribution in [2.45, 2.75) is 19.3 Å². The molecule has 2 N–H and O–H groups in total. The van der Waals surface area contributed by atoms with Crippen molar-refractivity contribution in [3.8, 4) is 11.6 Å². The number of rotatable bonds is 2. The van der Waals surface area contributed by atoms with Crippen LogP contribution in [0.4, 0.5) is 5.82 Å². The maximum absolute atomic E-state index is 5.88. The molecular weight excluding hydrogens is 252 g/mol. The first kappa shape index (κ1) is 11.3. The summed E-state index contributed by atoms with van der Waals surface area (Å²) in [4.78, 5) is 8.48. The third-order valence-electron chi connectivity index (χ3n) is 3.65. The van der Waals surface area contributed by atoms with Crippen LogP contribution in [0.15, 0.2) is 36.8 Å². The molecule has 1 aromatic carbocycles. The number of imidazole rings is 1. The highest BCUT2D eigenvalue weighted by atomic mass is 16.5. The van der Waals surface area contributed by atoms with Gasteiger partial charge in [0.1, 0.15) is 11.6 Å². The third kappa shape index (κ3) is 1.79. The summed E-state index contributed by atoms with van der Waals surface area (Å²) in [7, 11) is 0. The number of fused-ring (bicyclic) bond motifs is 2. The molecule has 20 heavy (non-hydrogen) atoms. The predicted molar refractivity (Wildman–Crippen MR) is 75.9 cm³/mol. The first-order valence-corrected chi connectivity index (χ1v) is 6.68. The fraction of sp³-hybridized carbons (Fsp3) is 0.200. The van der Waals surface area contributed by atoms with Gasteiger partial charge in [0.2, 0.25) is 5.65 Å². The van der Waals surface area contributed by atoms with E-state index >= 15 is 0 Å². The molecule has 0 spiro atoms. The van der Waals surface area contributed by atoms with Gasteiger partial charge in [-0.15, -0.1) is 0 Å². The molecule has 0 amide bonds. The van der Waals surface area contributed by atoms with E-state index in [2.05, 4.69) is 22.1 Å². The van der Waals surface area contributed by atoms with Crippen LogP contribution in [-0.2, 0) is 12.8 Å². The van der Waals surface area contributed by atoms with Crippen LogP contribution in [-0.4, -0.2) is 14.4 Å². The predicted octanol–water partition coefficient (Wildman–Crippen LogP) is 2.59. The summed E-state index contributed by atoms with van der Waals surface area (Å²) in [5, 5.41) is 0. The van der Waals surface area contributed by atoms with Gasteiger partial charge in [0.15, 0.2) is 0 Å². The van der Waals surface area contributed by atoms with Gasteiger partial charge in [-0.2, -0.15) is 4.98 Å². The average molecular weight is 266 g/mol. The summed E-state index contributed by atoms with van der Waals surface area (Å²) in [6.07, 6.45) is 8.75. The van der Waals surface area contributed by atoms with Crippen molar-refractivity contribution in [2.75, 3.05) is 5.73 Å². The Morgan fingerprint density at radius 1 is 1.20 bits per heavy atom. The molecule has 0 bridgehead atoms.